The Labute approximate surface area is 134 Å². The molecule has 0 saturated carbocycles. The van der Waals surface area contributed by atoms with Crippen LogP contribution in [0.2, 0.25) is 0 Å². The highest BCUT2D eigenvalue weighted by atomic mass is 16.1. The number of carbonyl (C=O) groups excluding carboxylic acids is 1. The monoisotopic (exact) mass is 306 g/mol. The van der Waals surface area contributed by atoms with Crippen LogP contribution in [-0.2, 0) is 7.05 Å². The maximum atomic E-state index is 12.5. The maximum absolute atomic E-state index is 12.5. The van der Waals surface area contributed by atoms with E-state index in [1.54, 1.807) is 4.68 Å². The topological polar surface area (TPSA) is 50.2 Å². The van der Waals surface area contributed by atoms with E-state index in [0.717, 1.165) is 30.4 Å². The first-order valence-electron chi connectivity index (χ1n) is 8.26. The summed E-state index contributed by atoms with van der Waals surface area (Å²) in [5.41, 5.74) is 2.40. The van der Waals surface area contributed by atoms with Gasteiger partial charge < -0.3 is 5.32 Å². The van der Waals surface area contributed by atoms with Gasteiger partial charge in [-0.3, -0.25) is 14.4 Å². The summed E-state index contributed by atoms with van der Waals surface area (Å²) >= 11 is 0. The van der Waals surface area contributed by atoms with E-state index in [1.165, 1.54) is 12.8 Å². The molecule has 1 atom stereocenters. The van der Waals surface area contributed by atoms with E-state index in [4.69, 9.17) is 0 Å². The molecule has 1 N–H and O–H groups in total. The molecular formula is C17H30N4O. The summed E-state index contributed by atoms with van der Waals surface area (Å²) in [6.07, 6.45) is 2.56. The third-order valence-corrected chi connectivity index (χ3v) is 4.93. The molecule has 1 saturated heterocycles. The van der Waals surface area contributed by atoms with Gasteiger partial charge in [-0.2, -0.15) is 5.10 Å². The fraction of sp³-hybridized carbons (Fsp3) is 0.765. The first-order valence-corrected chi connectivity index (χ1v) is 8.26. The molecule has 1 aromatic rings. The van der Waals surface area contributed by atoms with Gasteiger partial charge >= 0.3 is 0 Å². The van der Waals surface area contributed by atoms with Gasteiger partial charge in [0.1, 0.15) is 0 Å². The van der Waals surface area contributed by atoms with Gasteiger partial charge in [0, 0.05) is 31.4 Å². The van der Waals surface area contributed by atoms with Crippen molar-refractivity contribution in [2.45, 2.75) is 53.0 Å². The molecule has 1 aliphatic rings. The van der Waals surface area contributed by atoms with E-state index in [-0.39, 0.29) is 11.4 Å². The first-order chi connectivity index (χ1) is 10.2. The molecule has 1 unspecified atom stereocenters. The van der Waals surface area contributed by atoms with Gasteiger partial charge in [0.25, 0.3) is 5.91 Å². The molecule has 0 aromatic carbocycles. The van der Waals surface area contributed by atoms with Crippen LogP contribution in [0, 0.1) is 19.8 Å². The third kappa shape index (κ3) is 3.51. The van der Waals surface area contributed by atoms with Crippen molar-refractivity contribution < 1.29 is 4.79 Å². The number of hydrogen-bond acceptors (Lipinski definition) is 3. The predicted octanol–water partition coefficient (Wildman–Crippen LogP) is 2.28. The van der Waals surface area contributed by atoms with Gasteiger partial charge in [-0.1, -0.05) is 6.92 Å². The molecule has 0 aliphatic carbocycles. The second-order valence-electron chi connectivity index (χ2n) is 7.36. The molecular weight excluding hydrogens is 276 g/mol. The molecule has 0 spiro atoms. The highest BCUT2D eigenvalue weighted by Crippen LogP contribution is 2.23. The van der Waals surface area contributed by atoms with Gasteiger partial charge in [-0.25, -0.2) is 0 Å². The second-order valence-corrected chi connectivity index (χ2v) is 7.36. The van der Waals surface area contributed by atoms with Gasteiger partial charge in [-0.05, 0) is 53.0 Å². The van der Waals surface area contributed by atoms with Crippen molar-refractivity contribution >= 4 is 5.91 Å². The van der Waals surface area contributed by atoms with Crippen molar-refractivity contribution in [1.29, 1.82) is 0 Å². The van der Waals surface area contributed by atoms with Gasteiger partial charge in [0.15, 0.2) is 0 Å². The number of hydrogen-bond donors (Lipinski definition) is 1. The largest absolute Gasteiger partial charge is 0.350 e. The Bertz CT molecular complexity index is 547. The van der Waals surface area contributed by atoms with Crippen LogP contribution in [0.1, 0.15) is 55.4 Å². The Hall–Kier alpha value is -1.36. The molecule has 2 heterocycles. The number of likely N-dealkylation sites (tertiary alicyclic amines) is 1. The summed E-state index contributed by atoms with van der Waals surface area (Å²) in [5, 5.41) is 7.43. The van der Waals surface area contributed by atoms with E-state index in [2.05, 4.69) is 36.1 Å². The van der Waals surface area contributed by atoms with Gasteiger partial charge in [0.05, 0.1) is 11.3 Å². The zero-order chi connectivity index (χ0) is 16.5. The molecule has 22 heavy (non-hydrogen) atoms. The summed E-state index contributed by atoms with van der Waals surface area (Å²) in [6.45, 7) is 13.5. The second kappa shape index (κ2) is 6.41. The first kappa shape index (κ1) is 17.0. The number of piperidine rings is 1. The normalized spacial score (nSPS) is 20.2. The fourth-order valence-corrected chi connectivity index (χ4v) is 3.34. The van der Waals surface area contributed by atoms with Gasteiger partial charge in [-0.15, -0.1) is 0 Å². The van der Waals surface area contributed by atoms with Crippen molar-refractivity contribution in [3.05, 3.63) is 17.0 Å². The minimum atomic E-state index is -0.0195. The summed E-state index contributed by atoms with van der Waals surface area (Å²) in [7, 11) is 1.87. The molecule has 1 fully saturated rings. The van der Waals surface area contributed by atoms with E-state index in [9.17, 15) is 4.79 Å². The van der Waals surface area contributed by atoms with Crippen LogP contribution in [0.5, 0.6) is 0 Å². The van der Waals surface area contributed by atoms with Crippen LogP contribution in [0.4, 0.5) is 0 Å². The molecule has 0 bridgehead atoms. The van der Waals surface area contributed by atoms with E-state index >= 15 is 0 Å². The minimum Gasteiger partial charge on any atom is -0.350 e. The molecule has 1 aromatic heterocycles. The minimum absolute atomic E-state index is 0.0127. The Morgan fingerprint density at radius 2 is 2.09 bits per heavy atom. The Morgan fingerprint density at radius 3 is 2.64 bits per heavy atom. The van der Waals surface area contributed by atoms with Crippen molar-refractivity contribution in [2.75, 3.05) is 19.6 Å². The van der Waals surface area contributed by atoms with Gasteiger partial charge in [0.2, 0.25) is 0 Å². The number of carbonyl (C=O) groups is 1. The average Bonchev–Trinajstić information content (AvgIpc) is 2.70. The summed E-state index contributed by atoms with van der Waals surface area (Å²) in [6, 6.07) is 0. The Kier molecular flexibility index (Phi) is 4.95. The fourth-order valence-electron chi connectivity index (χ4n) is 3.34. The van der Waals surface area contributed by atoms with Crippen LogP contribution >= 0.6 is 0 Å². The lowest BCUT2D eigenvalue weighted by Gasteiger charge is -2.43. The number of aromatic nitrogens is 2. The van der Waals surface area contributed by atoms with Crippen molar-refractivity contribution in [3.63, 3.8) is 0 Å². The predicted molar refractivity (Wildman–Crippen MR) is 89.1 cm³/mol. The molecule has 5 heteroatoms. The summed E-state index contributed by atoms with van der Waals surface area (Å²) < 4.78 is 1.77. The SMILES string of the molecule is Cc1nn(C)c(C)c1C(=O)NCC(C)(C)N1CCCC(C)C1. The van der Waals surface area contributed by atoms with Crippen LogP contribution in [0.25, 0.3) is 0 Å². The molecule has 124 valence electrons. The summed E-state index contributed by atoms with van der Waals surface area (Å²) in [4.78, 5) is 15.0. The molecule has 2 rings (SSSR count). The molecule has 1 aliphatic heterocycles. The summed E-state index contributed by atoms with van der Waals surface area (Å²) in [5.74, 6) is 0.729. The number of rotatable bonds is 4. The standard InChI is InChI=1S/C17H30N4O/c1-12-8-7-9-21(10-12)17(4,5)11-18-16(22)15-13(2)19-20(6)14(15)3/h12H,7-11H2,1-6H3,(H,18,22). The number of aryl methyl sites for hydroxylation is 2. The Balaban J connectivity index is 2.00. The average molecular weight is 306 g/mol. The van der Waals surface area contributed by atoms with Crippen molar-refractivity contribution in [3.8, 4) is 0 Å². The number of amides is 1. The lowest BCUT2D eigenvalue weighted by molar-refractivity contribution is 0.0657. The molecule has 1 amide bonds. The highest BCUT2D eigenvalue weighted by molar-refractivity contribution is 5.96. The Morgan fingerprint density at radius 1 is 1.41 bits per heavy atom. The highest BCUT2D eigenvalue weighted by Gasteiger charge is 2.31. The zero-order valence-corrected chi connectivity index (χ0v) is 14.9. The zero-order valence-electron chi connectivity index (χ0n) is 14.9. The van der Waals surface area contributed by atoms with E-state index in [1.807, 2.05) is 20.9 Å². The van der Waals surface area contributed by atoms with Crippen LogP contribution in [0.15, 0.2) is 0 Å². The lowest BCUT2D eigenvalue weighted by Crippen LogP contribution is -2.54. The third-order valence-electron chi connectivity index (χ3n) is 4.93. The van der Waals surface area contributed by atoms with Crippen LogP contribution in [-0.4, -0.2) is 45.8 Å². The van der Waals surface area contributed by atoms with E-state index < -0.39 is 0 Å². The number of nitrogens with zero attached hydrogens (tertiary/aromatic N) is 3. The van der Waals surface area contributed by atoms with Crippen molar-refractivity contribution in [1.82, 2.24) is 20.0 Å². The maximum Gasteiger partial charge on any atom is 0.255 e. The number of nitrogens with one attached hydrogen (secondary N) is 1. The quantitative estimate of drug-likeness (QED) is 0.928. The lowest BCUT2D eigenvalue weighted by atomic mass is 9.93. The van der Waals surface area contributed by atoms with Crippen LogP contribution in [0.3, 0.4) is 0 Å². The molecule has 5 nitrogen and oxygen atoms in total. The van der Waals surface area contributed by atoms with Crippen molar-refractivity contribution in [2.24, 2.45) is 13.0 Å². The van der Waals surface area contributed by atoms with E-state index in [0.29, 0.717) is 12.1 Å². The van der Waals surface area contributed by atoms with Crippen LogP contribution < -0.4 is 5.32 Å². The molecule has 0 radical (unpaired) electrons. The smallest absolute Gasteiger partial charge is 0.255 e.